The predicted octanol–water partition coefficient (Wildman–Crippen LogP) is 2.91. The van der Waals surface area contributed by atoms with Crippen LogP contribution in [0.3, 0.4) is 0 Å². The molecular weight excluding hydrogens is 300 g/mol. The number of hydrogen-bond acceptors (Lipinski definition) is 3. The molecule has 1 fully saturated rings. The number of hydrogen-bond donors (Lipinski definition) is 0. The highest BCUT2D eigenvalue weighted by Crippen LogP contribution is 2.20. The fourth-order valence-electron chi connectivity index (χ4n) is 2.83. The van der Waals surface area contributed by atoms with Gasteiger partial charge in [-0.15, -0.1) is 0 Å². The summed E-state index contributed by atoms with van der Waals surface area (Å²) in [6.07, 6.45) is 3.06. The van der Waals surface area contributed by atoms with Crippen LogP contribution in [0, 0.1) is 5.92 Å². The largest absolute Gasteiger partial charge is 0.366 e. The van der Waals surface area contributed by atoms with Gasteiger partial charge >= 0.3 is 0 Å². The van der Waals surface area contributed by atoms with E-state index in [1.807, 2.05) is 6.07 Å². The van der Waals surface area contributed by atoms with Gasteiger partial charge in [-0.05, 0) is 23.5 Å². The molecule has 4 heteroatoms. The topological polar surface area (TPSA) is 32.8 Å². The van der Waals surface area contributed by atoms with E-state index in [0.29, 0.717) is 19.1 Å². The van der Waals surface area contributed by atoms with E-state index < -0.39 is 0 Å². The molecule has 1 amide bonds. The number of ether oxygens (including phenoxy) is 1. The van der Waals surface area contributed by atoms with Gasteiger partial charge in [0.05, 0.1) is 6.61 Å². The van der Waals surface area contributed by atoms with Crippen molar-refractivity contribution in [2.24, 2.45) is 5.92 Å². The van der Waals surface area contributed by atoms with Crippen LogP contribution in [0.5, 0.6) is 0 Å². The van der Waals surface area contributed by atoms with Crippen LogP contribution in [0.25, 0.3) is 5.57 Å². The van der Waals surface area contributed by atoms with Gasteiger partial charge in [0.2, 0.25) is 0 Å². The van der Waals surface area contributed by atoms with E-state index in [4.69, 9.17) is 4.74 Å². The molecule has 24 heavy (non-hydrogen) atoms. The highest BCUT2D eigenvalue weighted by atomic mass is 16.5. The first-order chi connectivity index (χ1) is 11.5. The highest BCUT2D eigenvalue weighted by Gasteiger charge is 2.28. The third-order valence-electron chi connectivity index (χ3n) is 4.24. The van der Waals surface area contributed by atoms with Crippen LogP contribution in [-0.4, -0.2) is 62.1 Å². The van der Waals surface area contributed by atoms with Crippen LogP contribution >= 0.6 is 0 Å². The van der Waals surface area contributed by atoms with E-state index in [0.717, 1.165) is 19.5 Å². The smallest absolute Gasteiger partial charge is 0.252 e. The summed E-state index contributed by atoms with van der Waals surface area (Å²) in [6.45, 7) is 7.46. The Kier molecular flexibility index (Phi) is 7.00. The van der Waals surface area contributed by atoms with Crippen molar-refractivity contribution in [3.8, 4) is 0 Å². The minimum atomic E-state index is -0.351. The molecule has 0 bridgehead atoms. The maximum absolute atomic E-state index is 12.2. The number of allylic oxidation sites excluding steroid dienone is 1. The molecule has 0 N–H and O–H groups in total. The van der Waals surface area contributed by atoms with E-state index in [2.05, 4.69) is 49.1 Å². The van der Waals surface area contributed by atoms with Gasteiger partial charge in [0, 0.05) is 33.7 Å². The lowest BCUT2D eigenvalue weighted by Crippen LogP contribution is -2.49. The van der Waals surface area contributed by atoms with Crippen molar-refractivity contribution in [3.05, 3.63) is 42.0 Å². The lowest BCUT2D eigenvalue weighted by atomic mass is 10.0. The van der Waals surface area contributed by atoms with E-state index in [-0.39, 0.29) is 12.0 Å². The first-order valence-electron chi connectivity index (χ1n) is 8.77. The average Bonchev–Trinajstić information content (AvgIpc) is 2.58. The number of carbonyl (C=O) groups excluding carboxylic acids is 1. The fourth-order valence-corrected chi connectivity index (χ4v) is 2.83. The average molecular weight is 330 g/mol. The highest BCUT2D eigenvalue weighted by molar-refractivity contribution is 5.80. The van der Waals surface area contributed by atoms with Crippen molar-refractivity contribution in [1.82, 2.24) is 9.80 Å². The molecule has 1 aromatic carbocycles. The number of carbonyl (C=O) groups is 1. The Morgan fingerprint density at radius 3 is 2.67 bits per heavy atom. The summed E-state index contributed by atoms with van der Waals surface area (Å²) in [6, 6.07) is 10.5. The summed E-state index contributed by atoms with van der Waals surface area (Å²) in [5.41, 5.74) is 2.60. The van der Waals surface area contributed by atoms with E-state index in [9.17, 15) is 4.79 Å². The molecular formula is C20H30N2O2. The van der Waals surface area contributed by atoms with Crippen LogP contribution in [0.2, 0.25) is 0 Å². The molecule has 1 aliphatic rings. The summed E-state index contributed by atoms with van der Waals surface area (Å²) >= 11 is 0. The molecule has 1 saturated heterocycles. The molecule has 0 aromatic heterocycles. The number of benzene rings is 1. The van der Waals surface area contributed by atoms with E-state index in [1.165, 1.54) is 11.1 Å². The van der Waals surface area contributed by atoms with Gasteiger partial charge in [0.25, 0.3) is 5.91 Å². The van der Waals surface area contributed by atoms with Crippen LogP contribution in [0.4, 0.5) is 0 Å². The first-order valence-corrected chi connectivity index (χ1v) is 8.77. The second kappa shape index (κ2) is 9.00. The molecule has 0 spiro atoms. The lowest BCUT2D eigenvalue weighted by Gasteiger charge is -2.34. The zero-order valence-electron chi connectivity index (χ0n) is 15.4. The van der Waals surface area contributed by atoms with Crippen molar-refractivity contribution in [3.63, 3.8) is 0 Å². The fraction of sp³-hybridized carbons (Fsp3) is 0.550. The normalized spacial score (nSPS) is 19.5. The summed E-state index contributed by atoms with van der Waals surface area (Å²) in [4.78, 5) is 16.1. The third kappa shape index (κ3) is 5.46. The van der Waals surface area contributed by atoms with Gasteiger partial charge in [-0.2, -0.15) is 0 Å². The van der Waals surface area contributed by atoms with Gasteiger partial charge in [-0.1, -0.05) is 50.3 Å². The zero-order valence-corrected chi connectivity index (χ0v) is 15.4. The van der Waals surface area contributed by atoms with Gasteiger partial charge in [0.1, 0.15) is 6.10 Å². The summed E-state index contributed by atoms with van der Waals surface area (Å²) in [7, 11) is 3.56. The van der Waals surface area contributed by atoms with E-state index in [1.54, 1.807) is 19.0 Å². The van der Waals surface area contributed by atoms with Crippen molar-refractivity contribution >= 4 is 11.5 Å². The number of morpholine rings is 1. The third-order valence-corrected chi connectivity index (χ3v) is 4.24. The Hall–Kier alpha value is -1.65. The molecule has 0 aliphatic carbocycles. The van der Waals surface area contributed by atoms with Crippen LogP contribution in [0.1, 0.15) is 25.8 Å². The molecule has 1 heterocycles. The van der Waals surface area contributed by atoms with Crippen LogP contribution in [-0.2, 0) is 9.53 Å². The monoisotopic (exact) mass is 330 g/mol. The van der Waals surface area contributed by atoms with Crippen LogP contribution < -0.4 is 0 Å². The molecule has 1 aliphatic heterocycles. The van der Waals surface area contributed by atoms with Gasteiger partial charge in [0.15, 0.2) is 0 Å². The van der Waals surface area contributed by atoms with Gasteiger partial charge < -0.3 is 9.64 Å². The molecule has 0 saturated carbocycles. The molecule has 4 nitrogen and oxygen atoms in total. The molecule has 0 radical (unpaired) electrons. The summed E-state index contributed by atoms with van der Waals surface area (Å²) < 4.78 is 5.66. The maximum Gasteiger partial charge on any atom is 0.252 e. The molecule has 1 aromatic rings. The molecule has 0 unspecified atom stereocenters. The van der Waals surface area contributed by atoms with Crippen LogP contribution in [0.15, 0.2) is 36.4 Å². The first kappa shape index (κ1) is 18.7. The molecule has 1 atom stereocenters. The molecule has 2 rings (SSSR count). The Labute approximate surface area is 146 Å². The number of rotatable bonds is 6. The lowest BCUT2D eigenvalue weighted by molar-refractivity contribution is -0.146. The standard InChI is InChI=1S/C20H30N2O2/c1-16(2)10-11-18(17-8-6-5-7-9-17)14-22-12-13-24-19(15-22)20(23)21(3)4/h5-9,11,16,19H,10,12-15H2,1-4H3/b18-11+/t19-/m0/s1. The second-order valence-electron chi connectivity index (χ2n) is 7.05. The summed E-state index contributed by atoms with van der Waals surface area (Å²) in [5, 5.41) is 0. The van der Waals surface area contributed by atoms with Gasteiger partial charge in [-0.3, -0.25) is 9.69 Å². The zero-order chi connectivity index (χ0) is 17.5. The maximum atomic E-state index is 12.2. The number of likely N-dealkylation sites (N-methyl/N-ethyl adjacent to an activating group) is 1. The number of amides is 1. The predicted molar refractivity (Wildman–Crippen MR) is 98.7 cm³/mol. The number of nitrogens with zero attached hydrogens (tertiary/aromatic N) is 2. The minimum Gasteiger partial charge on any atom is -0.366 e. The SMILES string of the molecule is CC(C)C/C=C(\CN1CCO[C@H](C(=O)N(C)C)C1)c1ccccc1. The van der Waals surface area contributed by atoms with Crippen molar-refractivity contribution in [2.75, 3.05) is 40.3 Å². The van der Waals surface area contributed by atoms with Crippen molar-refractivity contribution in [1.29, 1.82) is 0 Å². The second-order valence-corrected chi connectivity index (χ2v) is 7.05. The van der Waals surface area contributed by atoms with Crippen molar-refractivity contribution < 1.29 is 9.53 Å². The Morgan fingerprint density at radius 2 is 2.04 bits per heavy atom. The van der Waals surface area contributed by atoms with Gasteiger partial charge in [-0.25, -0.2) is 0 Å². The van der Waals surface area contributed by atoms with E-state index >= 15 is 0 Å². The Morgan fingerprint density at radius 1 is 1.33 bits per heavy atom. The van der Waals surface area contributed by atoms with Crippen molar-refractivity contribution in [2.45, 2.75) is 26.4 Å². The summed E-state index contributed by atoms with van der Waals surface area (Å²) in [5.74, 6) is 0.684. The Balaban J connectivity index is 2.08. The minimum absolute atomic E-state index is 0.0483. The quantitative estimate of drug-likeness (QED) is 0.804. The molecule has 132 valence electrons. The Bertz CT molecular complexity index is 552.